The maximum atomic E-state index is 12.7. The number of carbonyl (C=O) groups is 2. The zero-order valence-electron chi connectivity index (χ0n) is 15.9. The Balaban J connectivity index is 1.50. The molecule has 1 aliphatic heterocycles. The van der Waals surface area contributed by atoms with E-state index in [-0.39, 0.29) is 18.2 Å². The number of aryl methyl sites for hydroxylation is 3. The fourth-order valence-corrected chi connectivity index (χ4v) is 3.80. The summed E-state index contributed by atoms with van der Waals surface area (Å²) in [7, 11) is 1.84. The van der Waals surface area contributed by atoms with E-state index in [1.54, 1.807) is 15.8 Å². The molecule has 0 aliphatic carbocycles. The van der Waals surface area contributed by atoms with E-state index < -0.39 is 5.92 Å². The van der Waals surface area contributed by atoms with Gasteiger partial charge in [0.15, 0.2) is 5.65 Å². The molecule has 1 unspecified atom stereocenters. The quantitative estimate of drug-likeness (QED) is 0.675. The third-order valence-electron chi connectivity index (χ3n) is 5.08. The van der Waals surface area contributed by atoms with Crippen LogP contribution in [0.25, 0.3) is 11.0 Å². The number of anilines is 2. The van der Waals surface area contributed by atoms with Crippen LogP contribution in [0.1, 0.15) is 17.7 Å². The lowest BCUT2D eigenvalue weighted by atomic mass is 10.1. The first kappa shape index (κ1) is 18.6. The first-order chi connectivity index (χ1) is 13.3. The number of hydrogen-bond acceptors (Lipinski definition) is 4. The molecule has 0 bridgehead atoms. The van der Waals surface area contributed by atoms with E-state index >= 15 is 0 Å². The van der Waals surface area contributed by atoms with Crippen molar-refractivity contribution in [2.45, 2.75) is 20.3 Å². The lowest BCUT2D eigenvalue weighted by Crippen LogP contribution is -2.28. The monoisotopic (exact) mass is 441 g/mol. The average Bonchev–Trinajstić information content (AvgIpc) is 3.18. The topological polar surface area (TPSA) is 80.1 Å². The number of nitrogens with zero attached hydrogens (tertiary/aromatic N) is 4. The predicted molar refractivity (Wildman–Crippen MR) is 111 cm³/mol. The summed E-state index contributed by atoms with van der Waals surface area (Å²) in [5.74, 6) is -0.618. The smallest absolute Gasteiger partial charge is 0.229 e. The molecule has 2 aromatic heterocycles. The summed E-state index contributed by atoms with van der Waals surface area (Å²) in [4.78, 5) is 31.3. The summed E-state index contributed by atoms with van der Waals surface area (Å²) in [6.45, 7) is 4.25. The number of fused-ring (bicyclic) bond motifs is 1. The minimum Gasteiger partial charge on any atom is -0.324 e. The van der Waals surface area contributed by atoms with Gasteiger partial charge in [-0.3, -0.25) is 14.3 Å². The minimum absolute atomic E-state index is 0.0430. The second-order valence-electron chi connectivity index (χ2n) is 7.13. The molecular weight excluding hydrogens is 422 g/mol. The van der Waals surface area contributed by atoms with Crippen LogP contribution in [-0.2, 0) is 16.6 Å². The molecule has 7 nitrogen and oxygen atoms in total. The van der Waals surface area contributed by atoms with Crippen molar-refractivity contribution in [3.05, 3.63) is 46.2 Å². The molecule has 3 heterocycles. The van der Waals surface area contributed by atoms with Crippen LogP contribution in [0.4, 0.5) is 11.4 Å². The molecule has 1 aromatic carbocycles. The number of pyridine rings is 1. The van der Waals surface area contributed by atoms with Crippen LogP contribution in [0.15, 0.2) is 34.9 Å². The van der Waals surface area contributed by atoms with Gasteiger partial charge in [0, 0.05) is 35.6 Å². The van der Waals surface area contributed by atoms with Crippen molar-refractivity contribution in [2.24, 2.45) is 13.0 Å². The summed E-state index contributed by atoms with van der Waals surface area (Å²) >= 11 is 3.47. The molecule has 0 spiro atoms. The highest BCUT2D eigenvalue weighted by atomic mass is 79.9. The maximum Gasteiger partial charge on any atom is 0.229 e. The Morgan fingerprint density at radius 1 is 1.29 bits per heavy atom. The van der Waals surface area contributed by atoms with Gasteiger partial charge < -0.3 is 10.2 Å². The van der Waals surface area contributed by atoms with E-state index in [4.69, 9.17) is 0 Å². The van der Waals surface area contributed by atoms with Crippen molar-refractivity contribution < 1.29 is 9.59 Å². The van der Waals surface area contributed by atoms with Gasteiger partial charge >= 0.3 is 0 Å². The van der Waals surface area contributed by atoms with Crippen LogP contribution in [-0.4, -0.2) is 33.1 Å². The maximum absolute atomic E-state index is 12.7. The number of aromatic nitrogens is 3. The Kier molecular flexibility index (Phi) is 4.66. The molecule has 2 amide bonds. The van der Waals surface area contributed by atoms with E-state index in [0.29, 0.717) is 12.2 Å². The summed E-state index contributed by atoms with van der Waals surface area (Å²) in [6, 6.07) is 7.63. The Labute approximate surface area is 170 Å². The lowest BCUT2D eigenvalue weighted by Gasteiger charge is -2.17. The molecule has 1 aliphatic rings. The van der Waals surface area contributed by atoms with E-state index in [9.17, 15) is 9.59 Å². The van der Waals surface area contributed by atoms with Gasteiger partial charge in [-0.25, -0.2) is 4.98 Å². The van der Waals surface area contributed by atoms with E-state index in [1.165, 1.54) is 0 Å². The van der Waals surface area contributed by atoms with Gasteiger partial charge in [0.1, 0.15) is 0 Å². The van der Waals surface area contributed by atoms with Crippen LogP contribution in [0.5, 0.6) is 0 Å². The molecule has 3 aromatic rings. The molecule has 144 valence electrons. The molecule has 0 radical (unpaired) electrons. The molecule has 8 heteroatoms. The molecule has 0 saturated carbocycles. The molecule has 28 heavy (non-hydrogen) atoms. The van der Waals surface area contributed by atoms with Crippen LogP contribution in [0.3, 0.4) is 0 Å². The van der Waals surface area contributed by atoms with Crippen LogP contribution < -0.4 is 10.2 Å². The highest BCUT2D eigenvalue weighted by molar-refractivity contribution is 9.10. The zero-order valence-corrected chi connectivity index (χ0v) is 17.4. The lowest BCUT2D eigenvalue weighted by molar-refractivity contribution is -0.122. The van der Waals surface area contributed by atoms with Crippen molar-refractivity contribution in [3.8, 4) is 0 Å². The van der Waals surface area contributed by atoms with Crippen LogP contribution >= 0.6 is 15.9 Å². The van der Waals surface area contributed by atoms with Crippen molar-refractivity contribution in [1.29, 1.82) is 0 Å². The van der Waals surface area contributed by atoms with Gasteiger partial charge in [-0.2, -0.15) is 5.10 Å². The largest absolute Gasteiger partial charge is 0.324 e. The van der Waals surface area contributed by atoms with Crippen molar-refractivity contribution in [1.82, 2.24) is 14.8 Å². The average molecular weight is 442 g/mol. The zero-order chi connectivity index (χ0) is 20.0. The Bertz CT molecular complexity index is 1110. The predicted octanol–water partition coefficient (Wildman–Crippen LogP) is 3.34. The molecule has 4 rings (SSSR count). The first-order valence-corrected chi connectivity index (χ1v) is 9.79. The summed E-state index contributed by atoms with van der Waals surface area (Å²) < 4.78 is 2.70. The van der Waals surface area contributed by atoms with Gasteiger partial charge in [-0.05, 0) is 43.7 Å². The standard InChI is InChI=1S/C20H20BrN5O2/c1-11-6-15(4-5-17(11)21)26-10-13(7-18(26)27)20(28)23-14-8-16-12(2)24-25(3)19(16)22-9-14/h4-6,8-9,13H,7,10H2,1-3H3,(H,23,28). The van der Waals surface area contributed by atoms with Gasteiger partial charge in [0.2, 0.25) is 11.8 Å². The number of hydrogen-bond donors (Lipinski definition) is 1. The van der Waals surface area contributed by atoms with Gasteiger partial charge in [0.05, 0.1) is 23.5 Å². The van der Waals surface area contributed by atoms with Crippen molar-refractivity contribution in [3.63, 3.8) is 0 Å². The number of benzene rings is 1. The minimum atomic E-state index is -0.401. The number of halogens is 1. The third kappa shape index (κ3) is 3.28. The molecule has 1 atom stereocenters. The molecule has 1 N–H and O–H groups in total. The van der Waals surface area contributed by atoms with Gasteiger partial charge in [-0.1, -0.05) is 15.9 Å². The second kappa shape index (κ2) is 7.01. The number of nitrogens with one attached hydrogen (secondary N) is 1. The number of rotatable bonds is 3. The Morgan fingerprint density at radius 2 is 2.07 bits per heavy atom. The Morgan fingerprint density at radius 3 is 2.82 bits per heavy atom. The highest BCUT2D eigenvalue weighted by Crippen LogP contribution is 2.29. The van der Waals surface area contributed by atoms with E-state index in [0.717, 1.165) is 32.5 Å². The van der Waals surface area contributed by atoms with Crippen molar-refractivity contribution >= 4 is 50.2 Å². The van der Waals surface area contributed by atoms with Crippen LogP contribution in [0.2, 0.25) is 0 Å². The van der Waals surface area contributed by atoms with Crippen LogP contribution in [0, 0.1) is 19.8 Å². The first-order valence-electron chi connectivity index (χ1n) is 9.00. The second-order valence-corrected chi connectivity index (χ2v) is 7.99. The van der Waals surface area contributed by atoms with Gasteiger partial charge in [0.25, 0.3) is 0 Å². The SMILES string of the molecule is Cc1cc(N2CC(C(=O)Nc3cnc4c(c3)c(C)nn4C)CC2=O)ccc1Br. The summed E-state index contributed by atoms with van der Waals surface area (Å²) in [5, 5.41) is 8.14. The van der Waals surface area contributed by atoms with Gasteiger partial charge in [-0.15, -0.1) is 0 Å². The summed E-state index contributed by atoms with van der Waals surface area (Å²) in [6.07, 6.45) is 1.82. The normalized spacial score (nSPS) is 16.8. The number of amides is 2. The molecular formula is C20H20BrN5O2. The van der Waals surface area contributed by atoms with E-state index in [2.05, 4.69) is 31.3 Å². The third-order valence-corrected chi connectivity index (χ3v) is 5.97. The molecule has 1 fully saturated rings. The number of carbonyl (C=O) groups excluding carboxylic acids is 2. The fourth-order valence-electron chi connectivity index (χ4n) is 3.55. The van der Waals surface area contributed by atoms with Crippen molar-refractivity contribution in [2.75, 3.05) is 16.8 Å². The Hall–Kier alpha value is -2.74. The van der Waals surface area contributed by atoms with E-state index in [1.807, 2.05) is 45.2 Å². The highest BCUT2D eigenvalue weighted by Gasteiger charge is 2.35. The molecule has 1 saturated heterocycles. The fraction of sp³-hybridized carbons (Fsp3) is 0.300. The summed E-state index contributed by atoms with van der Waals surface area (Å²) in [5.41, 5.74) is 4.09.